The molecule has 1 N–H and O–H groups in total. The Labute approximate surface area is 361 Å². The first-order chi connectivity index (χ1) is 28.1. The molecule has 0 saturated carbocycles. The van der Waals surface area contributed by atoms with E-state index in [4.69, 9.17) is 23.3 Å². The first-order valence-electron chi connectivity index (χ1n) is 23.9. The molecule has 0 bridgehead atoms. The maximum atomic E-state index is 12.7. The van der Waals surface area contributed by atoms with Gasteiger partial charge in [0.1, 0.15) is 25.5 Å². The number of carbonyl (C=O) groups is 2. The molecule has 1 rings (SSSR count). The Morgan fingerprint density at radius 2 is 1.12 bits per heavy atom. The number of ether oxygens (including phenoxy) is 3. The van der Waals surface area contributed by atoms with Gasteiger partial charge in [0.25, 0.3) is 0 Å². The lowest BCUT2D eigenvalue weighted by Gasteiger charge is -2.34. The fraction of sp³-hybridized carbons (Fsp3) is 0.957. The maximum Gasteiger partial charge on any atom is 0.472 e. The number of rotatable bonds is 40. The summed E-state index contributed by atoms with van der Waals surface area (Å²) in [4.78, 5) is 35.5. The third kappa shape index (κ3) is 29.0. The van der Waals surface area contributed by atoms with Crippen LogP contribution in [0, 0.1) is 0 Å². The van der Waals surface area contributed by atoms with E-state index in [1.54, 1.807) is 0 Å². The number of unbranched alkanes of at least 4 members (excludes halogenated alkanes) is 23. The van der Waals surface area contributed by atoms with E-state index < -0.39 is 37.8 Å². The average molecular weight is 863 g/mol. The zero-order chi connectivity index (χ0) is 43.9. The van der Waals surface area contributed by atoms with Crippen LogP contribution in [-0.4, -0.2) is 97.9 Å². The van der Waals surface area contributed by atoms with Crippen molar-refractivity contribution in [3.05, 3.63) is 0 Å². The Bertz CT molecular complexity index is 1120. The number of carbonyl (C=O) groups excluding carboxylic acids is 2. The highest BCUT2D eigenvalue weighted by atomic mass is 31.2. The van der Waals surface area contributed by atoms with Crippen molar-refractivity contribution in [2.24, 2.45) is 0 Å². The fourth-order valence-electron chi connectivity index (χ4n) is 7.57. The number of hydrogen-bond acceptors (Lipinski definition) is 9. The van der Waals surface area contributed by atoms with Crippen LogP contribution in [0.1, 0.15) is 214 Å². The van der Waals surface area contributed by atoms with E-state index in [0.717, 1.165) is 64.2 Å². The van der Waals surface area contributed by atoms with Gasteiger partial charge < -0.3 is 23.6 Å². The van der Waals surface area contributed by atoms with Gasteiger partial charge in [-0.3, -0.25) is 18.6 Å². The van der Waals surface area contributed by atoms with Crippen molar-refractivity contribution in [1.82, 2.24) is 5.06 Å². The Morgan fingerprint density at radius 3 is 1.54 bits per heavy atom. The van der Waals surface area contributed by atoms with Crippen LogP contribution in [0.15, 0.2) is 0 Å². The Morgan fingerprint density at radius 1 is 0.678 bits per heavy atom. The summed E-state index contributed by atoms with van der Waals surface area (Å²) in [6.07, 6.45) is 30.1. The van der Waals surface area contributed by atoms with E-state index in [1.807, 2.05) is 41.9 Å². The van der Waals surface area contributed by atoms with Crippen LogP contribution in [0.3, 0.4) is 0 Å². The lowest BCUT2D eigenvalue weighted by Crippen LogP contribution is -2.49. The number of phosphoric ester groups is 1. The number of nitrogens with zero attached hydrogens (tertiary/aromatic N) is 2. The van der Waals surface area contributed by atoms with Crippen LogP contribution in [-0.2, 0) is 42.6 Å². The molecule has 1 heterocycles. The molecule has 13 heteroatoms. The Hall–Kier alpha value is -1.11. The molecule has 3 atom stereocenters. The maximum absolute atomic E-state index is 12.7. The third-order valence-corrected chi connectivity index (χ3v) is 12.5. The molecule has 2 unspecified atom stereocenters. The summed E-state index contributed by atoms with van der Waals surface area (Å²) >= 11 is 0. The summed E-state index contributed by atoms with van der Waals surface area (Å²) in [7, 11) is 1.45. The number of hydroxylamine groups is 2. The van der Waals surface area contributed by atoms with Crippen LogP contribution in [0.2, 0.25) is 0 Å². The SMILES string of the molecule is CCCCCCCCCCCCCCCC(=O)OC[C@@H](COP(=O)(O)OCC[N+](C)(C)C)OC(=O)CCCCCCCCCCCCCCC1(CC)OCC(C)(C)N1[O]. The zero-order valence-corrected chi connectivity index (χ0v) is 40.0. The van der Waals surface area contributed by atoms with Crippen LogP contribution < -0.4 is 0 Å². The molecule has 0 spiro atoms. The second kappa shape index (κ2) is 32.5. The molecule has 0 amide bonds. The quantitative estimate of drug-likeness (QED) is 0.0274. The molecule has 0 aromatic heterocycles. The molecule has 0 aliphatic carbocycles. The predicted molar refractivity (Wildman–Crippen MR) is 236 cm³/mol. The summed E-state index contributed by atoms with van der Waals surface area (Å²) in [5, 5.41) is 13.9. The van der Waals surface area contributed by atoms with E-state index in [-0.39, 0.29) is 32.0 Å². The minimum Gasteiger partial charge on any atom is -0.462 e. The van der Waals surface area contributed by atoms with Crippen LogP contribution >= 0.6 is 7.82 Å². The molecule has 59 heavy (non-hydrogen) atoms. The van der Waals surface area contributed by atoms with Crippen LogP contribution in [0.25, 0.3) is 0 Å². The van der Waals surface area contributed by atoms with E-state index in [9.17, 15) is 24.3 Å². The highest BCUT2D eigenvalue weighted by Crippen LogP contribution is 2.43. The van der Waals surface area contributed by atoms with Gasteiger partial charge >= 0.3 is 19.8 Å². The van der Waals surface area contributed by atoms with Crippen molar-refractivity contribution in [3.8, 4) is 0 Å². The molecule has 1 aliphatic rings. The topological polar surface area (TPSA) is 141 Å². The summed E-state index contributed by atoms with van der Waals surface area (Å²) in [6.45, 7) is 8.58. The predicted octanol–water partition coefficient (Wildman–Crippen LogP) is 11.8. The number of phosphoric acid groups is 1. The monoisotopic (exact) mass is 863 g/mol. The third-order valence-electron chi connectivity index (χ3n) is 11.5. The Balaban J connectivity index is 2.26. The van der Waals surface area contributed by atoms with Gasteiger partial charge in [-0.05, 0) is 46.0 Å². The molecule has 1 radical (unpaired) electrons. The zero-order valence-electron chi connectivity index (χ0n) is 39.1. The van der Waals surface area contributed by atoms with Gasteiger partial charge in [-0.25, -0.2) is 4.57 Å². The highest BCUT2D eigenvalue weighted by Gasteiger charge is 2.51. The lowest BCUT2D eigenvalue weighted by molar-refractivity contribution is -0.870. The lowest BCUT2D eigenvalue weighted by atomic mass is 9.98. The van der Waals surface area contributed by atoms with E-state index in [0.29, 0.717) is 24.1 Å². The minimum atomic E-state index is -4.39. The van der Waals surface area contributed by atoms with Gasteiger partial charge in [0.2, 0.25) is 0 Å². The van der Waals surface area contributed by atoms with Gasteiger partial charge in [0, 0.05) is 12.8 Å². The van der Waals surface area contributed by atoms with Gasteiger partial charge in [0.05, 0.1) is 39.9 Å². The minimum absolute atomic E-state index is 0.0230. The summed E-state index contributed by atoms with van der Waals surface area (Å²) in [6, 6.07) is 0. The molecular weight excluding hydrogens is 771 g/mol. The van der Waals surface area contributed by atoms with Crippen molar-refractivity contribution in [2.75, 3.05) is 54.1 Å². The number of hydrogen-bond donors (Lipinski definition) is 1. The van der Waals surface area contributed by atoms with E-state index >= 15 is 0 Å². The smallest absolute Gasteiger partial charge is 0.462 e. The van der Waals surface area contributed by atoms with Crippen molar-refractivity contribution < 1.29 is 52.0 Å². The van der Waals surface area contributed by atoms with Crippen molar-refractivity contribution >= 4 is 19.8 Å². The summed E-state index contributed by atoms with van der Waals surface area (Å²) < 4.78 is 40.4. The molecule has 349 valence electrons. The molecule has 0 aromatic rings. The first-order valence-corrected chi connectivity index (χ1v) is 25.4. The molecule has 1 aliphatic heterocycles. The van der Waals surface area contributed by atoms with Gasteiger partial charge in [0.15, 0.2) is 6.10 Å². The molecule has 1 saturated heterocycles. The van der Waals surface area contributed by atoms with Crippen LogP contribution in [0.4, 0.5) is 0 Å². The van der Waals surface area contributed by atoms with Crippen molar-refractivity contribution in [3.63, 3.8) is 0 Å². The first kappa shape index (κ1) is 55.9. The molecule has 1 fully saturated rings. The summed E-state index contributed by atoms with van der Waals surface area (Å²) in [5.41, 5.74) is -1.08. The second-order valence-corrected chi connectivity index (χ2v) is 20.3. The van der Waals surface area contributed by atoms with Crippen molar-refractivity contribution in [1.29, 1.82) is 0 Å². The average Bonchev–Trinajstić information content (AvgIpc) is 3.41. The van der Waals surface area contributed by atoms with Gasteiger partial charge in [-0.2, -0.15) is 0 Å². The van der Waals surface area contributed by atoms with Crippen LogP contribution in [0.5, 0.6) is 0 Å². The van der Waals surface area contributed by atoms with Crippen molar-refractivity contribution in [2.45, 2.75) is 231 Å². The summed E-state index contributed by atoms with van der Waals surface area (Å²) in [5.74, 6) is -0.822. The standard InChI is InChI=1S/C46H90N2O10P/c1-8-10-11-12-13-14-15-16-19-22-25-28-31-34-43(49)54-39-42(40-57-59(52,53)56-38-37-48(5,6)7)58-44(50)35-32-29-26-23-20-17-18-21-24-27-30-33-36-46(9-2)47(51)45(3,4)41-55-46/h42H,8-41H2,1-7H3/p+1/t42-,46?/m0/s1. The second-order valence-electron chi connectivity index (χ2n) is 18.8. The van der Waals surface area contributed by atoms with E-state index in [1.165, 1.54) is 108 Å². The number of quaternary nitrogens is 1. The molecule has 0 aromatic carbocycles. The van der Waals surface area contributed by atoms with E-state index in [2.05, 4.69) is 6.92 Å². The molecular formula is C46H91N2O10P+. The molecule has 12 nitrogen and oxygen atoms in total. The number of likely N-dealkylation sites (N-methyl/N-ethyl adjacent to an activating group) is 1. The largest absolute Gasteiger partial charge is 0.472 e. The number of esters is 2. The normalized spacial score (nSPS) is 18.5. The highest BCUT2D eigenvalue weighted by molar-refractivity contribution is 7.47. The fourth-order valence-corrected chi connectivity index (χ4v) is 8.31. The van der Waals surface area contributed by atoms with Gasteiger partial charge in [-0.1, -0.05) is 155 Å². The van der Waals surface area contributed by atoms with Gasteiger partial charge in [-0.15, -0.1) is 10.3 Å². The Kier molecular flexibility index (Phi) is 30.8.